The van der Waals surface area contributed by atoms with E-state index in [9.17, 15) is 18.0 Å². The molecular weight excluding hydrogens is 330 g/mol. The number of hydrogen-bond donors (Lipinski definition) is 2. The lowest BCUT2D eigenvalue weighted by atomic mass is 10.0. The molecule has 0 aliphatic carbocycles. The van der Waals surface area contributed by atoms with E-state index >= 15 is 0 Å². The normalized spacial score (nSPS) is 24.6. The fourth-order valence-corrected chi connectivity index (χ4v) is 4.76. The minimum absolute atomic E-state index is 0.0349. The van der Waals surface area contributed by atoms with Crippen molar-refractivity contribution >= 4 is 33.4 Å². The summed E-state index contributed by atoms with van der Waals surface area (Å²) in [6.07, 6.45) is -0.927. The molecule has 0 saturated carbocycles. The molecule has 3 rings (SSSR count). The molecule has 0 radical (unpaired) electrons. The zero-order valence-corrected chi connectivity index (χ0v) is 13.1. The van der Waals surface area contributed by atoms with Gasteiger partial charge in [-0.25, -0.2) is 18.4 Å². The van der Waals surface area contributed by atoms with Crippen molar-refractivity contribution in [1.82, 2.24) is 9.80 Å². The summed E-state index contributed by atoms with van der Waals surface area (Å²) in [4.78, 5) is 26.7. The second kappa shape index (κ2) is 5.21. The maximum atomic E-state index is 12.4. The van der Waals surface area contributed by atoms with Crippen LogP contribution in [0.1, 0.15) is 9.67 Å². The van der Waals surface area contributed by atoms with Gasteiger partial charge in [0.15, 0.2) is 0 Å². The van der Waals surface area contributed by atoms with Crippen LogP contribution in [0.3, 0.4) is 0 Å². The predicted octanol–water partition coefficient (Wildman–Crippen LogP) is 0.0773. The molecule has 2 amide bonds. The molecule has 2 fully saturated rings. The first-order valence-corrected chi connectivity index (χ1v) is 9.02. The number of thiophene rings is 1. The number of carbonyl (C=O) groups excluding carboxylic acids is 1. The molecule has 10 heteroatoms. The minimum atomic E-state index is -3.80. The van der Waals surface area contributed by atoms with Gasteiger partial charge >= 0.3 is 6.09 Å². The average Bonchev–Trinajstić information content (AvgIpc) is 3.10. The van der Waals surface area contributed by atoms with E-state index in [0.29, 0.717) is 31.1 Å². The van der Waals surface area contributed by atoms with Gasteiger partial charge in [-0.2, -0.15) is 0 Å². The highest BCUT2D eigenvalue weighted by molar-refractivity contribution is 7.91. The molecule has 2 atom stereocenters. The molecule has 2 aliphatic heterocycles. The summed E-state index contributed by atoms with van der Waals surface area (Å²) >= 11 is 0.860. The fraction of sp³-hybridized carbons (Fsp3) is 0.500. The van der Waals surface area contributed by atoms with Gasteiger partial charge in [0.05, 0.1) is 4.88 Å². The van der Waals surface area contributed by atoms with Crippen LogP contribution in [-0.4, -0.2) is 61.5 Å². The molecule has 120 valence electrons. The van der Waals surface area contributed by atoms with Crippen molar-refractivity contribution in [1.29, 1.82) is 0 Å². The molecule has 2 unspecified atom stereocenters. The van der Waals surface area contributed by atoms with E-state index in [2.05, 4.69) is 0 Å². The molecule has 22 heavy (non-hydrogen) atoms. The maximum absolute atomic E-state index is 12.4. The summed E-state index contributed by atoms with van der Waals surface area (Å²) in [6.45, 7) is 1.87. The topological polar surface area (TPSA) is 121 Å². The van der Waals surface area contributed by atoms with Crippen LogP contribution in [0.4, 0.5) is 4.79 Å². The molecular formula is C12H15N3O5S2. The Kier molecular flexibility index (Phi) is 3.62. The Morgan fingerprint density at radius 1 is 1.14 bits per heavy atom. The second-order valence-corrected chi connectivity index (χ2v) is 8.45. The summed E-state index contributed by atoms with van der Waals surface area (Å²) in [7, 11) is -3.80. The van der Waals surface area contributed by atoms with Gasteiger partial charge in [-0.05, 0) is 12.1 Å². The summed E-state index contributed by atoms with van der Waals surface area (Å²) < 4.78 is 22.5. The molecule has 0 bridgehead atoms. The van der Waals surface area contributed by atoms with E-state index in [4.69, 9.17) is 10.2 Å². The van der Waals surface area contributed by atoms with E-state index in [1.165, 1.54) is 17.0 Å². The number of rotatable bonds is 2. The Bertz CT molecular complexity index is 715. The molecule has 3 N–H and O–H groups in total. The first-order chi connectivity index (χ1) is 10.3. The largest absolute Gasteiger partial charge is 0.465 e. The van der Waals surface area contributed by atoms with Crippen LogP contribution in [0, 0.1) is 11.8 Å². The van der Waals surface area contributed by atoms with Gasteiger partial charge in [-0.3, -0.25) is 4.79 Å². The van der Waals surface area contributed by atoms with Gasteiger partial charge in [-0.15, -0.1) is 11.3 Å². The molecule has 2 aliphatic rings. The van der Waals surface area contributed by atoms with E-state index in [1.807, 2.05) is 0 Å². The van der Waals surface area contributed by atoms with E-state index < -0.39 is 16.1 Å². The minimum Gasteiger partial charge on any atom is -0.465 e. The molecule has 0 aromatic carbocycles. The summed E-state index contributed by atoms with van der Waals surface area (Å²) in [5.41, 5.74) is 0. The third kappa shape index (κ3) is 2.69. The summed E-state index contributed by atoms with van der Waals surface area (Å²) in [5.74, 6) is 0.0756. The van der Waals surface area contributed by atoms with Crippen LogP contribution >= 0.6 is 11.3 Å². The lowest BCUT2D eigenvalue weighted by Crippen LogP contribution is -2.34. The molecule has 1 aromatic rings. The standard InChI is InChI=1S/C12H15N3O5S2/c13-22(19,20)10-2-1-9(21-10)11(16)14-3-7-5-15(12(17)18)6-8(7)4-14/h1-2,7-8H,3-6H2,(H,17,18)(H2,13,19,20). The van der Waals surface area contributed by atoms with Gasteiger partial charge < -0.3 is 14.9 Å². The van der Waals surface area contributed by atoms with Crippen molar-refractivity contribution < 1.29 is 23.1 Å². The van der Waals surface area contributed by atoms with Gasteiger partial charge in [0, 0.05) is 38.0 Å². The maximum Gasteiger partial charge on any atom is 0.407 e. The number of fused-ring (bicyclic) bond motifs is 1. The van der Waals surface area contributed by atoms with Crippen molar-refractivity contribution in [2.45, 2.75) is 4.21 Å². The highest BCUT2D eigenvalue weighted by Crippen LogP contribution is 2.33. The van der Waals surface area contributed by atoms with Crippen molar-refractivity contribution in [3.8, 4) is 0 Å². The molecule has 8 nitrogen and oxygen atoms in total. The molecule has 3 heterocycles. The van der Waals surface area contributed by atoms with E-state index in [0.717, 1.165) is 11.3 Å². The van der Waals surface area contributed by atoms with Crippen LogP contribution < -0.4 is 5.14 Å². The summed E-state index contributed by atoms with van der Waals surface area (Å²) in [5, 5.41) is 14.0. The number of carboxylic acid groups (broad SMARTS) is 1. The number of hydrogen-bond acceptors (Lipinski definition) is 5. The molecule has 1 aromatic heterocycles. The van der Waals surface area contributed by atoms with Gasteiger partial charge in [-0.1, -0.05) is 0 Å². The zero-order chi connectivity index (χ0) is 16.1. The van der Waals surface area contributed by atoms with E-state index in [-0.39, 0.29) is 22.0 Å². The third-order valence-corrected chi connectivity index (χ3v) is 6.63. The molecule has 2 saturated heterocycles. The Hall–Kier alpha value is -1.65. The SMILES string of the molecule is NS(=O)(=O)c1ccc(C(=O)N2CC3CN(C(=O)O)CC3C2)s1. The zero-order valence-electron chi connectivity index (χ0n) is 11.5. The Balaban J connectivity index is 1.69. The third-order valence-electron chi connectivity index (χ3n) is 4.12. The van der Waals surface area contributed by atoms with Gasteiger partial charge in [0.1, 0.15) is 4.21 Å². The average molecular weight is 345 g/mol. The number of nitrogens with two attached hydrogens (primary N) is 1. The highest BCUT2D eigenvalue weighted by atomic mass is 32.2. The monoisotopic (exact) mass is 345 g/mol. The van der Waals surface area contributed by atoms with Crippen molar-refractivity contribution in [3.63, 3.8) is 0 Å². The Morgan fingerprint density at radius 2 is 1.68 bits per heavy atom. The van der Waals surface area contributed by atoms with E-state index in [1.54, 1.807) is 4.90 Å². The first-order valence-electron chi connectivity index (χ1n) is 6.65. The number of likely N-dealkylation sites (tertiary alicyclic amines) is 2. The second-order valence-electron chi connectivity index (χ2n) is 5.58. The number of nitrogens with zero attached hydrogens (tertiary/aromatic N) is 2. The summed E-state index contributed by atoms with van der Waals surface area (Å²) in [6, 6.07) is 2.79. The van der Waals surface area contributed by atoms with Crippen molar-refractivity contribution in [3.05, 3.63) is 17.0 Å². The van der Waals surface area contributed by atoms with Gasteiger partial charge in [0.25, 0.3) is 5.91 Å². The Labute approximate surface area is 131 Å². The number of carbonyl (C=O) groups is 2. The van der Waals surface area contributed by atoms with Crippen molar-refractivity contribution in [2.24, 2.45) is 17.0 Å². The van der Waals surface area contributed by atoms with Crippen LogP contribution in [0.2, 0.25) is 0 Å². The predicted molar refractivity (Wildman–Crippen MR) is 78.2 cm³/mol. The molecule has 0 spiro atoms. The van der Waals surface area contributed by atoms with Crippen molar-refractivity contribution in [2.75, 3.05) is 26.2 Å². The highest BCUT2D eigenvalue weighted by Gasteiger charge is 2.43. The van der Waals surface area contributed by atoms with Crippen LogP contribution in [-0.2, 0) is 10.0 Å². The Morgan fingerprint density at radius 3 is 2.14 bits per heavy atom. The lowest BCUT2D eigenvalue weighted by Gasteiger charge is -2.19. The smallest absolute Gasteiger partial charge is 0.407 e. The first kappa shape index (κ1) is 15.3. The number of amides is 2. The van der Waals surface area contributed by atoms with Gasteiger partial charge in [0.2, 0.25) is 10.0 Å². The fourth-order valence-electron chi connectivity index (χ4n) is 3.06. The lowest BCUT2D eigenvalue weighted by molar-refractivity contribution is 0.0779. The van der Waals surface area contributed by atoms with Crippen LogP contribution in [0.25, 0.3) is 0 Å². The van der Waals surface area contributed by atoms with Crippen LogP contribution in [0.5, 0.6) is 0 Å². The quantitative estimate of drug-likeness (QED) is 0.786. The number of sulfonamides is 1. The van der Waals surface area contributed by atoms with Crippen LogP contribution in [0.15, 0.2) is 16.3 Å². The number of primary sulfonamides is 1.